The molecule has 0 amide bonds. The Labute approximate surface area is 181 Å². The van der Waals surface area contributed by atoms with Gasteiger partial charge in [-0.2, -0.15) is 0 Å². The molecule has 5 unspecified atom stereocenters. The molecule has 0 N–H and O–H groups in total. The Morgan fingerprint density at radius 2 is 2.07 bits per heavy atom. The van der Waals surface area contributed by atoms with Crippen molar-refractivity contribution >= 4 is 22.9 Å². The number of ether oxygens (including phenoxy) is 2. The van der Waals surface area contributed by atoms with Gasteiger partial charge in [-0.05, 0) is 43.1 Å². The Kier molecular flexibility index (Phi) is 6.12. The van der Waals surface area contributed by atoms with Crippen LogP contribution in [-0.2, 0) is 14.3 Å². The van der Waals surface area contributed by atoms with Crippen LogP contribution in [0.2, 0.25) is 0 Å². The molecule has 0 spiro atoms. The highest BCUT2D eigenvalue weighted by atomic mass is 16.5. The molecule has 4 heterocycles. The second-order valence-corrected chi connectivity index (χ2v) is 9.43. The van der Waals surface area contributed by atoms with Crippen LogP contribution in [0.3, 0.4) is 0 Å². The van der Waals surface area contributed by atoms with Gasteiger partial charge in [0.05, 0.1) is 18.5 Å². The zero-order chi connectivity index (χ0) is 21.3. The molecule has 5 atom stereocenters. The lowest BCUT2D eigenvalue weighted by molar-refractivity contribution is -0.137. The number of hydrogen-bond donors (Lipinski definition) is 0. The van der Waals surface area contributed by atoms with E-state index in [1.165, 1.54) is 68.8 Å². The minimum absolute atomic E-state index is 0. The van der Waals surface area contributed by atoms with E-state index in [4.69, 9.17) is 9.73 Å². The Bertz CT molecular complexity index is 868. The number of nitrogens with zero attached hydrogens (tertiary/aromatic N) is 2. The fourth-order valence-corrected chi connectivity index (χ4v) is 6.01. The van der Waals surface area contributed by atoms with E-state index in [1.807, 2.05) is 7.11 Å². The molecule has 5 nitrogen and oxygen atoms in total. The molecule has 4 aliphatic heterocycles. The van der Waals surface area contributed by atoms with Crippen molar-refractivity contribution in [3.63, 3.8) is 0 Å². The standard InChI is InChI=1S/C22H28N2O.C3H6O2.H2/c1-22(8-10-25-2)13-15-11-16-12-20(22)24(14-15)9-7-18-17-5-3-4-6-19(17)23-21(16)18;1-3(4)5-2;/h3-7,15-16,20H,8-14H2,1-2H3;1-2H3;1H/b18-7-;;. The molecule has 5 heteroatoms. The van der Waals surface area contributed by atoms with Crippen molar-refractivity contribution in [3.8, 4) is 0 Å². The van der Waals surface area contributed by atoms with E-state index in [2.05, 4.69) is 46.9 Å². The number of methoxy groups -OCH3 is 2. The Balaban J connectivity index is 0.000000411. The third kappa shape index (κ3) is 3.97. The van der Waals surface area contributed by atoms with E-state index in [9.17, 15) is 4.79 Å². The van der Waals surface area contributed by atoms with Crippen LogP contribution in [0, 0.1) is 17.3 Å². The summed E-state index contributed by atoms with van der Waals surface area (Å²) in [6.45, 7) is 7.09. The van der Waals surface area contributed by atoms with Crippen LogP contribution in [0.1, 0.15) is 46.5 Å². The number of hydrogen-bond acceptors (Lipinski definition) is 5. The van der Waals surface area contributed by atoms with E-state index in [0.717, 1.165) is 19.1 Å². The molecule has 30 heavy (non-hydrogen) atoms. The van der Waals surface area contributed by atoms with E-state index in [-0.39, 0.29) is 7.40 Å². The van der Waals surface area contributed by atoms with Gasteiger partial charge in [0.25, 0.3) is 0 Å². The first-order valence-corrected chi connectivity index (χ1v) is 11.1. The van der Waals surface area contributed by atoms with Gasteiger partial charge in [0, 0.05) is 58.3 Å². The number of carbonyl (C=O) groups excluding carboxylic acids is 1. The number of benzene rings is 1. The second kappa shape index (κ2) is 8.64. The maximum atomic E-state index is 9.59. The van der Waals surface area contributed by atoms with Gasteiger partial charge in [-0.1, -0.05) is 31.2 Å². The maximum Gasteiger partial charge on any atom is 0.302 e. The number of carbonyl (C=O) groups is 1. The maximum absolute atomic E-state index is 9.59. The molecule has 1 saturated carbocycles. The number of para-hydroxylation sites is 1. The first kappa shape index (κ1) is 21.3. The van der Waals surface area contributed by atoms with Gasteiger partial charge in [0.1, 0.15) is 0 Å². The molecule has 4 bridgehead atoms. The number of aliphatic imine (C=N–C) groups is 1. The highest BCUT2D eigenvalue weighted by Gasteiger charge is 2.50. The molecule has 0 radical (unpaired) electrons. The molecule has 6 rings (SSSR count). The summed E-state index contributed by atoms with van der Waals surface area (Å²) >= 11 is 0. The van der Waals surface area contributed by atoms with Crippen molar-refractivity contribution < 1.29 is 15.7 Å². The SMILES string of the molecule is COC(C)=O.COCCC1(C)CC2CC3CC1N(C/C=C1\C3=Nc3ccccc31)C2.[HH]. The van der Waals surface area contributed by atoms with Crippen LogP contribution in [-0.4, -0.2) is 56.5 Å². The summed E-state index contributed by atoms with van der Waals surface area (Å²) in [4.78, 5) is 17.5. The predicted molar refractivity (Wildman–Crippen MR) is 122 cm³/mol. The van der Waals surface area contributed by atoms with E-state index in [0.29, 0.717) is 17.4 Å². The summed E-state index contributed by atoms with van der Waals surface area (Å²) in [6, 6.07) is 9.34. The Morgan fingerprint density at radius 1 is 1.30 bits per heavy atom. The minimum Gasteiger partial charge on any atom is -0.469 e. The van der Waals surface area contributed by atoms with Crippen LogP contribution >= 0.6 is 0 Å². The van der Waals surface area contributed by atoms with Crippen molar-refractivity contribution in [1.29, 1.82) is 0 Å². The summed E-state index contributed by atoms with van der Waals surface area (Å²) in [5, 5.41) is 0. The lowest BCUT2D eigenvalue weighted by atomic mass is 9.69. The molecule has 1 aliphatic carbocycles. The summed E-state index contributed by atoms with van der Waals surface area (Å²) in [6.07, 6.45) is 7.57. The smallest absolute Gasteiger partial charge is 0.302 e. The molecule has 1 aromatic rings. The normalized spacial score (nSPS) is 34.8. The molecule has 1 aromatic carbocycles. The van der Waals surface area contributed by atoms with Gasteiger partial charge >= 0.3 is 5.97 Å². The molecule has 0 aromatic heterocycles. The average Bonchev–Trinajstić information content (AvgIpc) is 2.92. The molecule has 5 aliphatic rings. The average molecular weight is 413 g/mol. The summed E-state index contributed by atoms with van der Waals surface area (Å²) in [7, 11) is 3.18. The summed E-state index contributed by atoms with van der Waals surface area (Å²) in [5.41, 5.74) is 5.71. The molecule has 3 fully saturated rings. The predicted octanol–water partition coefficient (Wildman–Crippen LogP) is 4.74. The van der Waals surface area contributed by atoms with E-state index in [1.54, 1.807) is 0 Å². The number of allylic oxidation sites excluding steroid dienone is 1. The second-order valence-electron chi connectivity index (χ2n) is 9.43. The highest BCUT2D eigenvalue weighted by Crippen LogP contribution is 2.52. The highest BCUT2D eigenvalue weighted by molar-refractivity contribution is 6.29. The fraction of sp³-hybridized carbons (Fsp3) is 0.600. The van der Waals surface area contributed by atoms with Crippen molar-refractivity contribution in [2.75, 3.05) is 33.9 Å². The number of esters is 1. The monoisotopic (exact) mass is 412 g/mol. The molecule has 2 saturated heterocycles. The zero-order valence-corrected chi connectivity index (χ0v) is 18.7. The minimum atomic E-state index is -0.245. The van der Waals surface area contributed by atoms with Crippen LogP contribution in [0.4, 0.5) is 5.69 Å². The van der Waals surface area contributed by atoms with E-state index < -0.39 is 0 Å². The summed E-state index contributed by atoms with van der Waals surface area (Å²) < 4.78 is 9.56. The van der Waals surface area contributed by atoms with Gasteiger partial charge in [0.15, 0.2) is 0 Å². The lowest BCUT2D eigenvalue weighted by Gasteiger charge is -2.49. The van der Waals surface area contributed by atoms with Gasteiger partial charge in [-0.15, -0.1) is 0 Å². The molecule has 164 valence electrons. The number of rotatable bonds is 3. The van der Waals surface area contributed by atoms with Gasteiger partial charge in [-0.25, -0.2) is 0 Å². The quantitative estimate of drug-likeness (QED) is 0.673. The van der Waals surface area contributed by atoms with Crippen molar-refractivity contribution in [2.24, 2.45) is 22.2 Å². The first-order chi connectivity index (χ1) is 14.4. The van der Waals surface area contributed by atoms with Crippen LogP contribution in [0.5, 0.6) is 0 Å². The first-order valence-electron chi connectivity index (χ1n) is 11.1. The summed E-state index contributed by atoms with van der Waals surface area (Å²) in [5.74, 6) is 1.16. The third-order valence-electron chi connectivity index (χ3n) is 7.41. The van der Waals surface area contributed by atoms with Gasteiger partial charge < -0.3 is 9.47 Å². The fourth-order valence-electron chi connectivity index (χ4n) is 6.01. The largest absolute Gasteiger partial charge is 0.469 e. The van der Waals surface area contributed by atoms with Crippen molar-refractivity contribution in [3.05, 3.63) is 35.9 Å². The lowest BCUT2D eigenvalue weighted by Crippen LogP contribution is -2.53. The van der Waals surface area contributed by atoms with E-state index >= 15 is 0 Å². The Hall–Kier alpha value is -1.98. The zero-order valence-electron chi connectivity index (χ0n) is 18.7. The van der Waals surface area contributed by atoms with Crippen molar-refractivity contribution in [1.82, 2.24) is 4.90 Å². The van der Waals surface area contributed by atoms with Crippen LogP contribution in [0.15, 0.2) is 35.3 Å². The number of piperidine rings is 1. The van der Waals surface area contributed by atoms with Crippen LogP contribution < -0.4 is 0 Å². The van der Waals surface area contributed by atoms with Gasteiger partial charge in [0.2, 0.25) is 0 Å². The number of fused-ring (bicyclic) bond motifs is 4. The third-order valence-corrected chi connectivity index (χ3v) is 7.41. The van der Waals surface area contributed by atoms with Crippen molar-refractivity contribution in [2.45, 2.75) is 45.6 Å². The van der Waals surface area contributed by atoms with Gasteiger partial charge in [-0.3, -0.25) is 14.7 Å². The molecular weight excluding hydrogens is 376 g/mol. The Morgan fingerprint density at radius 3 is 2.80 bits per heavy atom. The topological polar surface area (TPSA) is 51.1 Å². The molecular formula is C25H36N2O3. The van der Waals surface area contributed by atoms with Crippen LogP contribution in [0.25, 0.3) is 5.57 Å².